The van der Waals surface area contributed by atoms with Crippen LogP contribution in [0.15, 0.2) is 64.0 Å². The van der Waals surface area contributed by atoms with Gasteiger partial charge in [0.2, 0.25) is 0 Å². The van der Waals surface area contributed by atoms with Gasteiger partial charge >= 0.3 is 0 Å². The molecule has 4 nitrogen and oxygen atoms in total. The molecule has 1 aromatic heterocycles. The summed E-state index contributed by atoms with van der Waals surface area (Å²) in [5, 5.41) is 0. The minimum Gasteiger partial charge on any atom is -0.487 e. The number of pyridine rings is 1. The quantitative estimate of drug-likeness (QED) is 0.639. The third-order valence-corrected chi connectivity index (χ3v) is 4.71. The second kappa shape index (κ2) is 8.29. The van der Waals surface area contributed by atoms with E-state index in [1.165, 1.54) is 12.1 Å². The molecule has 2 aromatic carbocycles. The predicted molar refractivity (Wildman–Crippen MR) is 103 cm³/mol. The van der Waals surface area contributed by atoms with Gasteiger partial charge < -0.3 is 15.5 Å². The van der Waals surface area contributed by atoms with Crippen molar-refractivity contribution < 1.29 is 9.13 Å². The molecular formula is C20H18BrFN2O2. The molecule has 0 aliphatic heterocycles. The van der Waals surface area contributed by atoms with E-state index < -0.39 is 0 Å². The average molecular weight is 417 g/mol. The van der Waals surface area contributed by atoms with Crippen LogP contribution in [0.3, 0.4) is 0 Å². The van der Waals surface area contributed by atoms with Crippen LogP contribution < -0.4 is 16.0 Å². The highest BCUT2D eigenvalue weighted by Crippen LogP contribution is 2.28. The molecule has 0 spiro atoms. The summed E-state index contributed by atoms with van der Waals surface area (Å²) in [6.45, 7) is 0.704. The summed E-state index contributed by atoms with van der Waals surface area (Å²) < 4.78 is 19.3. The SMILES string of the molecule is NCc1cccc(Cc2c[nH]c(=O)c(Br)c2OCc2ccc(F)cc2)c1. The van der Waals surface area contributed by atoms with Gasteiger partial charge in [-0.25, -0.2) is 4.39 Å². The highest BCUT2D eigenvalue weighted by molar-refractivity contribution is 9.10. The fourth-order valence-electron chi connectivity index (χ4n) is 2.64. The third-order valence-electron chi connectivity index (χ3n) is 3.99. The summed E-state index contributed by atoms with van der Waals surface area (Å²) >= 11 is 3.31. The van der Waals surface area contributed by atoms with Crippen molar-refractivity contribution in [1.29, 1.82) is 0 Å². The zero-order valence-corrected chi connectivity index (χ0v) is 15.6. The van der Waals surface area contributed by atoms with Gasteiger partial charge in [-0.3, -0.25) is 4.79 Å². The summed E-state index contributed by atoms with van der Waals surface area (Å²) in [6, 6.07) is 14.0. The molecule has 0 fully saturated rings. The van der Waals surface area contributed by atoms with Gasteiger partial charge in [-0.1, -0.05) is 36.4 Å². The monoisotopic (exact) mass is 416 g/mol. The predicted octanol–water partition coefficient (Wildman–Crippen LogP) is 3.91. The molecule has 0 unspecified atom stereocenters. The van der Waals surface area contributed by atoms with Crippen molar-refractivity contribution in [3.05, 3.63) is 97.6 Å². The molecule has 0 saturated carbocycles. The Hall–Kier alpha value is -2.44. The molecule has 0 aliphatic carbocycles. The number of H-pyrrole nitrogens is 1. The number of ether oxygens (including phenoxy) is 1. The van der Waals surface area contributed by atoms with Crippen LogP contribution in [0.2, 0.25) is 0 Å². The molecule has 3 N–H and O–H groups in total. The minimum atomic E-state index is -0.299. The lowest BCUT2D eigenvalue weighted by Crippen LogP contribution is -2.11. The summed E-state index contributed by atoms with van der Waals surface area (Å²) in [7, 11) is 0. The van der Waals surface area contributed by atoms with Crippen LogP contribution in [0.1, 0.15) is 22.3 Å². The Kier molecular flexibility index (Phi) is 5.85. The molecule has 26 heavy (non-hydrogen) atoms. The van der Waals surface area contributed by atoms with Crippen molar-refractivity contribution in [3.63, 3.8) is 0 Å². The first-order valence-electron chi connectivity index (χ1n) is 8.12. The Bertz CT molecular complexity index is 955. The second-order valence-corrected chi connectivity index (χ2v) is 6.70. The molecule has 0 radical (unpaired) electrons. The smallest absolute Gasteiger partial charge is 0.266 e. The van der Waals surface area contributed by atoms with Crippen LogP contribution in [0.4, 0.5) is 4.39 Å². The first-order valence-corrected chi connectivity index (χ1v) is 8.91. The summed E-state index contributed by atoms with van der Waals surface area (Å²) in [6.07, 6.45) is 2.24. The normalized spacial score (nSPS) is 10.7. The molecule has 3 aromatic rings. The topological polar surface area (TPSA) is 68.1 Å². The minimum absolute atomic E-state index is 0.234. The third kappa shape index (κ3) is 4.39. The van der Waals surface area contributed by atoms with Crippen LogP contribution >= 0.6 is 15.9 Å². The maximum Gasteiger partial charge on any atom is 0.266 e. The van der Waals surface area contributed by atoms with Gasteiger partial charge in [-0.05, 0) is 44.8 Å². The van der Waals surface area contributed by atoms with Crippen molar-refractivity contribution in [2.75, 3.05) is 0 Å². The van der Waals surface area contributed by atoms with Crippen molar-refractivity contribution >= 4 is 15.9 Å². The van der Waals surface area contributed by atoms with E-state index in [9.17, 15) is 9.18 Å². The number of halogens is 2. The lowest BCUT2D eigenvalue weighted by molar-refractivity contribution is 0.300. The second-order valence-electron chi connectivity index (χ2n) is 5.90. The van der Waals surface area contributed by atoms with Gasteiger partial charge in [0, 0.05) is 24.7 Å². The summed E-state index contributed by atoms with van der Waals surface area (Å²) in [4.78, 5) is 14.7. The van der Waals surface area contributed by atoms with Crippen LogP contribution in [0.25, 0.3) is 0 Å². The van der Waals surface area contributed by atoms with E-state index in [0.29, 0.717) is 23.2 Å². The molecule has 0 bridgehead atoms. The largest absolute Gasteiger partial charge is 0.487 e. The van der Waals surface area contributed by atoms with Gasteiger partial charge in [-0.2, -0.15) is 0 Å². The number of aromatic nitrogens is 1. The van der Waals surface area contributed by atoms with E-state index in [0.717, 1.165) is 22.3 Å². The lowest BCUT2D eigenvalue weighted by atomic mass is 10.0. The number of aromatic amines is 1. The highest BCUT2D eigenvalue weighted by atomic mass is 79.9. The zero-order chi connectivity index (χ0) is 18.5. The summed E-state index contributed by atoms with van der Waals surface area (Å²) in [5.41, 5.74) is 9.20. The van der Waals surface area contributed by atoms with Gasteiger partial charge in [0.1, 0.15) is 22.6 Å². The molecule has 0 amide bonds. The van der Waals surface area contributed by atoms with E-state index in [-0.39, 0.29) is 18.0 Å². The zero-order valence-electron chi connectivity index (χ0n) is 14.0. The maximum absolute atomic E-state index is 13.0. The van der Waals surface area contributed by atoms with Crippen LogP contribution in [0, 0.1) is 5.82 Å². The Morgan fingerprint density at radius 3 is 2.54 bits per heavy atom. The number of benzene rings is 2. The maximum atomic E-state index is 13.0. The van der Waals surface area contributed by atoms with E-state index in [1.54, 1.807) is 18.3 Å². The number of nitrogens with one attached hydrogen (secondary N) is 1. The van der Waals surface area contributed by atoms with Gasteiger partial charge in [0.05, 0.1) is 0 Å². The lowest BCUT2D eigenvalue weighted by Gasteiger charge is -2.13. The number of hydrogen-bond acceptors (Lipinski definition) is 3. The van der Waals surface area contributed by atoms with Crippen molar-refractivity contribution in [2.45, 2.75) is 19.6 Å². The highest BCUT2D eigenvalue weighted by Gasteiger charge is 2.13. The first-order chi connectivity index (χ1) is 12.6. The van der Waals surface area contributed by atoms with Crippen LogP contribution in [-0.4, -0.2) is 4.98 Å². The van der Waals surface area contributed by atoms with E-state index in [1.807, 2.05) is 24.3 Å². The van der Waals surface area contributed by atoms with E-state index >= 15 is 0 Å². The molecule has 6 heteroatoms. The molecule has 0 atom stereocenters. The molecular weight excluding hydrogens is 399 g/mol. The Morgan fingerprint density at radius 1 is 1.08 bits per heavy atom. The van der Waals surface area contributed by atoms with Gasteiger partial charge in [0.15, 0.2) is 0 Å². The van der Waals surface area contributed by atoms with E-state index in [2.05, 4.69) is 20.9 Å². The standard InChI is InChI=1S/C20H18BrFN2O2/c21-18-19(26-12-13-4-6-17(22)7-5-13)16(11-24-20(18)25)9-14-2-1-3-15(8-14)10-23/h1-8,11H,9-10,12,23H2,(H,24,25). The fourth-order valence-corrected chi connectivity index (χ4v) is 3.12. The fraction of sp³-hybridized carbons (Fsp3) is 0.150. The van der Waals surface area contributed by atoms with Crippen molar-refractivity contribution in [3.8, 4) is 5.75 Å². The van der Waals surface area contributed by atoms with Crippen LogP contribution in [-0.2, 0) is 19.6 Å². The van der Waals surface area contributed by atoms with Crippen molar-refractivity contribution in [1.82, 2.24) is 4.98 Å². The van der Waals surface area contributed by atoms with Gasteiger partial charge in [0.25, 0.3) is 5.56 Å². The molecule has 0 aliphatic rings. The molecule has 0 saturated heterocycles. The average Bonchev–Trinajstić information content (AvgIpc) is 2.66. The Morgan fingerprint density at radius 2 is 1.81 bits per heavy atom. The Labute approximate surface area is 159 Å². The van der Waals surface area contributed by atoms with Crippen molar-refractivity contribution in [2.24, 2.45) is 5.73 Å². The molecule has 134 valence electrons. The van der Waals surface area contributed by atoms with Gasteiger partial charge in [-0.15, -0.1) is 0 Å². The first kappa shape index (κ1) is 18.4. The van der Waals surface area contributed by atoms with Crippen LogP contribution in [0.5, 0.6) is 5.75 Å². The number of rotatable bonds is 6. The molecule has 1 heterocycles. The Balaban J connectivity index is 1.86. The number of hydrogen-bond donors (Lipinski definition) is 2. The van der Waals surface area contributed by atoms with E-state index in [4.69, 9.17) is 10.5 Å². The number of nitrogens with two attached hydrogens (primary N) is 1. The summed E-state index contributed by atoms with van der Waals surface area (Å²) in [5.74, 6) is 0.183. The molecule has 3 rings (SSSR count).